The summed E-state index contributed by atoms with van der Waals surface area (Å²) in [6.07, 6.45) is 0. The predicted octanol–water partition coefficient (Wildman–Crippen LogP) is 10.00. The van der Waals surface area contributed by atoms with E-state index >= 15 is 0 Å². The number of hydrogen-bond donors (Lipinski definition) is 0. The topological polar surface area (TPSA) is 60.7 Å². The Bertz CT molecular complexity index is 2080. The molecule has 0 unspecified atom stereocenters. The Balaban J connectivity index is 1.42. The zero-order valence-electron chi connectivity index (χ0n) is 22.0. The van der Waals surface area contributed by atoms with Gasteiger partial charge in [0.15, 0.2) is 0 Å². The number of furan rings is 1. The van der Waals surface area contributed by atoms with Crippen LogP contribution in [0.15, 0.2) is 138 Å². The second kappa shape index (κ2) is 10.0. The van der Waals surface area contributed by atoms with Gasteiger partial charge in [0.05, 0.1) is 17.2 Å². The summed E-state index contributed by atoms with van der Waals surface area (Å²) >= 11 is 0. The van der Waals surface area contributed by atoms with Gasteiger partial charge in [-0.25, -0.2) is 0 Å². The summed E-state index contributed by atoms with van der Waals surface area (Å²) in [5, 5.41) is 21.5. The van der Waals surface area contributed by atoms with E-state index in [2.05, 4.69) is 42.5 Å². The Morgan fingerprint density at radius 3 is 1.39 bits per heavy atom. The molecule has 0 spiro atoms. The van der Waals surface area contributed by atoms with Crippen LogP contribution in [0.4, 0.5) is 0 Å². The first-order chi connectivity index (χ1) is 20.2. The monoisotopic (exact) mass is 522 g/mol. The van der Waals surface area contributed by atoms with Crippen molar-refractivity contribution in [2.24, 2.45) is 0 Å². The van der Waals surface area contributed by atoms with Crippen molar-refractivity contribution in [1.82, 2.24) is 0 Å². The minimum absolute atomic E-state index is 0.639. The lowest BCUT2D eigenvalue weighted by Gasteiger charge is -2.14. The molecule has 3 nitrogen and oxygen atoms in total. The van der Waals surface area contributed by atoms with Crippen molar-refractivity contribution in [2.45, 2.75) is 0 Å². The van der Waals surface area contributed by atoms with Crippen LogP contribution in [0.5, 0.6) is 0 Å². The maximum absolute atomic E-state index is 10.3. The van der Waals surface area contributed by atoms with Crippen molar-refractivity contribution in [3.8, 4) is 56.6 Å². The average molecular weight is 523 g/mol. The summed E-state index contributed by atoms with van der Waals surface area (Å²) in [6.45, 7) is 0. The molecular formula is C38H22N2O. The molecule has 7 rings (SSSR count). The molecule has 1 heterocycles. The molecule has 1 aromatic heterocycles. The highest BCUT2D eigenvalue weighted by atomic mass is 16.3. The highest BCUT2D eigenvalue weighted by molar-refractivity contribution is 6.08. The third-order valence-corrected chi connectivity index (χ3v) is 7.57. The molecule has 41 heavy (non-hydrogen) atoms. The fourth-order valence-electron chi connectivity index (χ4n) is 5.49. The number of nitrogens with zero attached hydrogens (tertiary/aromatic N) is 2. The Hall–Kier alpha value is -5.90. The Morgan fingerprint density at radius 1 is 0.415 bits per heavy atom. The van der Waals surface area contributed by atoms with E-state index in [0.717, 1.165) is 66.4 Å². The number of fused-ring (bicyclic) bond motifs is 3. The van der Waals surface area contributed by atoms with E-state index in [0.29, 0.717) is 11.1 Å². The number of nitriles is 2. The standard InChI is InChI=1S/C38H22N2O/c39-23-25-11-13-26(14-12-25)29-15-17-37-34(19-29)35-20-30(16-18-38(35)41-37)31-21-32(27-7-3-1-4-8-27)36(24-40)33(22-31)28-9-5-2-6-10-28/h1-22H. The van der Waals surface area contributed by atoms with Crippen molar-refractivity contribution in [2.75, 3.05) is 0 Å². The highest BCUT2D eigenvalue weighted by Gasteiger charge is 2.16. The molecule has 7 aromatic rings. The quantitative estimate of drug-likeness (QED) is 0.231. The largest absolute Gasteiger partial charge is 0.456 e. The lowest BCUT2D eigenvalue weighted by molar-refractivity contribution is 0.669. The normalized spacial score (nSPS) is 10.9. The molecule has 0 fully saturated rings. The third-order valence-electron chi connectivity index (χ3n) is 7.57. The van der Waals surface area contributed by atoms with Gasteiger partial charge in [-0.05, 0) is 81.9 Å². The Morgan fingerprint density at radius 2 is 0.902 bits per heavy atom. The lowest BCUT2D eigenvalue weighted by atomic mass is 9.88. The van der Waals surface area contributed by atoms with E-state index in [1.807, 2.05) is 103 Å². The zero-order chi connectivity index (χ0) is 27.8. The van der Waals surface area contributed by atoms with Crippen LogP contribution in [-0.4, -0.2) is 0 Å². The summed E-state index contributed by atoms with van der Waals surface area (Å²) in [5.41, 5.74) is 10.9. The maximum atomic E-state index is 10.3. The van der Waals surface area contributed by atoms with Crippen LogP contribution in [0.2, 0.25) is 0 Å². The van der Waals surface area contributed by atoms with E-state index in [1.165, 1.54) is 0 Å². The second-order valence-corrected chi connectivity index (χ2v) is 10.0. The van der Waals surface area contributed by atoms with Crippen LogP contribution in [0.3, 0.4) is 0 Å². The fourth-order valence-corrected chi connectivity index (χ4v) is 5.49. The van der Waals surface area contributed by atoms with Crippen LogP contribution in [0.1, 0.15) is 11.1 Å². The smallest absolute Gasteiger partial charge is 0.135 e. The third kappa shape index (κ3) is 4.33. The van der Waals surface area contributed by atoms with E-state index in [1.54, 1.807) is 0 Å². The van der Waals surface area contributed by atoms with Crippen molar-refractivity contribution in [3.05, 3.63) is 145 Å². The first kappa shape index (κ1) is 24.2. The van der Waals surface area contributed by atoms with Crippen LogP contribution in [-0.2, 0) is 0 Å². The van der Waals surface area contributed by atoms with Crippen molar-refractivity contribution >= 4 is 21.9 Å². The van der Waals surface area contributed by atoms with E-state index in [-0.39, 0.29) is 0 Å². The van der Waals surface area contributed by atoms with Crippen molar-refractivity contribution < 1.29 is 4.42 Å². The van der Waals surface area contributed by atoms with Gasteiger partial charge in [-0.15, -0.1) is 0 Å². The van der Waals surface area contributed by atoms with E-state index in [9.17, 15) is 5.26 Å². The maximum Gasteiger partial charge on any atom is 0.135 e. The Labute approximate surface area is 237 Å². The molecule has 0 bridgehead atoms. The van der Waals surface area contributed by atoms with Crippen LogP contribution >= 0.6 is 0 Å². The number of benzene rings is 6. The second-order valence-electron chi connectivity index (χ2n) is 10.0. The molecule has 0 radical (unpaired) electrons. The van der Waals surface area contributed by atoms with Crippen LogP contribution in [0, 0.1) is 22.7 Å². The van der Waals surface area contributed by atoms with Gasteiger partial charge in [-0.1, -0.05) is 84.9 Å². The van der Waals surface area contributed by atoms with E-state index in [4.69, 9.17) is 9.68 Å². The van der Waals surface area contributed by atoms with Gasteiger partial charge in [0.2, 0.25) is 0 Å². The van der Waals surface area contributed by atoms with Gasteiger partial charge in [-0.2, -0.15) is 10.5 Å². The molecule has 0 aliphatic heterocycles. The lowest BCUT2D eigenvalue weighted by Crippen LogP contribution is -1.92. The Kier molecular flexibility index (Phi) is 5.90. The van der Waals surface area contributed by atoms with Gasteiger partial charge in [-0.3, -0.25) is 0 Å². The summed E-state index contributed by atoms with van der Waals surface area (Å²) in [4.78, 5) is 0. The molecule has 6 aromatic carbocycles. The number of rotatable bonds is 4. The first-order valence-corrected chi connectivity index (χ1v) is 13.4. The average Bonchev–Trinajstić information content (AvgIpc) is 3.42. The summed E-state index contributed by atoms with van der Waals surface area (Å²) < 4.78 is 6.21. The predicted molar refractivity (Wildman–Crippen MR) is 165 cm³/mol. The zero-order valence-corrected chi connectivity index (χ0v) is 22.0. The van der Waals surface area contributed by atoms with Gasteiger partial charge >= 0.3 is 0 Å². The molecule has 0 aliphatic carbocycles. The fraction of sp³-hybridized carbons (Fsp3) is 0. The molecule has 0 saturated carbocycles. The minimum Gasteiger partial charge on any atom is -0.456 e. The van der Waals surface area contributed by atoms with E-state index < -0.39 is 0 Å². The molecule has 0 amide bonds. The van der Waals surface area contributed by atoms with Gasteiger partial charge in [0, 0.05) is 21.9 Å². The van der Waals surface area contributed by atoms with Crippen molar-refractivity contribution in [1.29, 1.82) is 10.5 Å². The summed E-state index contributed by atoms with van der Waals surface area (Å²) in [5.74, 6) is 0. The summed E-state index contributed by atoms with van der Waals surface area (Å²) in [6, 6.07) is 49.2. The van der Waals surface area contributed by atoms with Gasteiger partial charge in [0.1, 0.15) is 17.2 Å². The van der Waals surface area contributed by atoms with Crippen LogP contribution in [0.25, 0.3) is 66.4 Å². The minimum atomic E-state index is 0.639. The molecule has 0 N–H and O–H groups in total. The highest BCUT2D eigenvalue weighted by Crippen LogP contribution is 2.39. The van der Waals surface area contributed by atoms with Gasteiger partial charge < -0.3 is 4.42 Å². The molecular weight excluding hydrogens is 500 g/mol. The molecule has 0 aliphatic rings. The SMILES string of the molecule is N#Cc1ccc(-c2ccc3oc4ccc(-c5cc(-c6ccccc6)c(C#N)c(-c6ccccc6)c5)cc4c3c2)cc1. The molecule has 190 valence electrons. The summed E-state index contributed by atoms with van der Waals surface area (Å²) in [7, 11) is 0. The van der Waals surface area contributed by atoms with Crippen LogP contribution < -0.4 is 0 Å². The molecule has 3 heteroatoms. The molecule has 0 saturated heterocycles. The van der Waals surface area contributed by atoms with Crippen molar-refractivity contribution in [3.63, 3.8) is 0 Å². The number of hydrogen-bond acceptors (Lipinski definition) is 3. The molecule has 0 atom stereocenters. The van der Waals surface area contributed by atoms with Gasteiger partial charge in [0.25, 0.3) is 0 Å². The first-order valence-electron chi connectivity index (χ1n) is 13.4.